The molecule has 0 saturated carbocycles. The number of aliphatic hydroxyl groups excluding tert-OH is 1. The van der Waals surface area contributed by atoms with Crippen LogP contribution in [0.25, 0.3) is 0 Å². The first-order chi connectivity index (χ1) is 4.64. The fourth-order valence-electron chi connectivity index (χ4n) is 1.56. The monoisotopic (exact) mass is 143 g/mol. The molecule has 10 heavy (non-hydrogen) atoms. The summed E-state index contributed by atoms with van der Waals surface area (Å²) in [5.74, 6) is 0. The maximum Gasteiger partial charge on any atom is 0.0558 e. The van der Waals surface area contributed by atoms with Gasteiger partial charge in [0.1, 0.15) is 0 Å². The number of aliphatic hydroxyl groups is 1. The largest absolute Gasteiger partial charge is 0.395 e. The highest BCUT2D eigenvalue weighted by Crippen LogP contribution is 2.27. The first kappa shape index (κ1) is 8.02. The Morgan fingerprint density at radius 3 is 2.60 bits per heavy atom. The maximum atomic E-state index is 8.66. The molecule has 0 aromatic heterocycles. The number of hydrogen-bond acceptors (Lipinski definition) is 2. The molecular formula is C8H17NO. The first-order valence-corrected chi connectivity index (χ1v) is 3.97. The third-order valence-electron chi connectivity index (χ3n) is 2.17. The van der Waals surface area contributed by atoms with Gasteiger partial charge in [0.2, 0.25) is 0 Å². The van der Waals surface area contributed by atoms with Crippen molar-refractivity contribution in [1.29, 1.82) is 0 Å². The van der Waals surface area contributed by atoms with E-state index >= 15 is 0 Å². The van der Waals surface area contributed by atoms with Crippen LogP contribution in [0.1, 0.15) is 20.3 Å². The van der Waals surface area contributed by atoms with Crippen molar-refractivity contribution in [2.75, 3.05) is 26.2 Å². The van der Waals surface area contributed by atoms with Gasteiger partial charge in [0, 0.05) is 13.1 Å². The number of nitrogens with zero attached hydrogens (tertiary/aromatic N) is 1. The molecule has 1 fully saturated rings. The van der Waals surface area contributed by atoms with Crippen LogP contribution in [0.2, 0.25) is 0 Å². The Labute approximate surface area is 62.8 Å². The molecule has 0 atom stereocenters. The van der Waals surface area contributed by atoms with Gasteiger partial charge in [0.25, 0.3) is 0 Å². The Morgan fingerprint density at radius 1 is 1.50 bits per heavy atom. The van der Waals surface area contributed by atoms with Crippen LogP contribution >= 0.6 is 0 Å². The molecule has 0 bridgehead atoms. The molecule has 0 unspecified atom stereocenters. The van der Waals surface area contributed by atoms with E-state index in [9.17, 15) is 0 Å². The molecule has 0 spiro atoms. The molecule has 0 aromatic carbocycles. The first-order valence-electron chi connectivity index (χ1n) is 3.97. The van der Waals surface area contributed by atoms with Gasteiger partial charge in [0.15, 0.2) is 0 Å². The Bertz CT molecular complexity index is 112. The van der Waals surface area contributed by atoms with Crippen LogP contribution in [0.3, 0.4) is 0 Å². The fourth-order valence-corrected chi connectivity index (χ4v) is 1.56. The zero-order valence-electron chi connectivity index (χ0n) is 6.93. The third kappa shape index (κ3) is 1.96. The lowest BCUT2D eigenvalue weighted by Crippen LogP contribution is -2.26. The molecule has 1 aliphatic rings. The van der Waals surface area contributed by atoms with E-state index in [1.54, 1.807) is 0 Å². The van der Waals surface area contributed by atoms with Crippen molar-refractivity contribution >= 4 is 0 Å². The minimum absolute atomic E-state index is 0.302. The summed E-state index contributed by atoms with van der Waals surface area (Å²) in [7, 11) is 0. The molecule has 2 nitrogen and oxygen atoms in total. The molecule has 1 rings (SSSR count). The lowest BCUT2D eigenvalue weighted by molar-refractivity contribution is 0.209. The van der Waals surface area contributed by atoms with Crippen molar-refractivity contribution in [1.82, 2.24) is 4.90 Å². The second-order valence-electron chi connectivity index (χ2n) is 3.91. The summed E-state index contributed by atoms with van der Waals surface area (Å²) in [5, 5.41) is 8.66. The average Bonchev–Trinajstić information content (AvgIpc) is 2.12. The van der Waals surface area contributed by atoms with Gasteiger partial charge in [-0.15, -0.1) is 0 Å². The molecule has 0 aromatic rings. The average molecular weight is 143 g/mol. The summed E-state index contributed by atoms with van der Waals surface area (Å²) in [6.45, 7) is 8.02. The molecule has 0 amide bonds. The topological polar surface area (TPSA) is 23.5 Å². The van der Waals surface area contributed by atoms with E-state index in [1.807, 2.05) is 0 Å². The van der Waals surface area contributed by atoms with Crippen LogP contribution in [0, 0.1) is 5.41 Å². The van der Waals surface area contributed by atoms with Gasteiger partial charge in [-0.05, 0) is 18.4 Å². The summed E-state index contributed by atoms with van der Waals surface area (Å²) in [6.07, 6.45) is 1.27. The fraction of sp³-hybridized carbons (Fsp3) is 1.00. The molecule has 0 radical (unpaired) electrons. The predicted octanol–water partition coefficient (Wildman–Crippen LogP) is 0.711. The number of rotatable bonds is 2. The second-order valence-corrected chi connectivity index (χ2v) is 3.91. The SMILES string of the molecule is CC1(C)CCN(CCO)C1. The zero-order valence-corrected chi connectivity index (χ0v) is 6.93. The Balaban J connectivity index is 2.29. The molecule has 0 aliphatic carbocycles. The summed E-state index contributed by atoms with van der Waals surface area (Å²) in [5.41, 5.74) is 0.481. The van der Waals surface area contributed by atoms with Crippen molar-refractivity contribution in [2.45, 2.75) is 20.3 Å². The van der Waals surface area contributed by atoms with Gasteiger partial charge in [0.05, 0.1) is 6.61 Å². The van der Waals surface area contributed by atoms with Gasteiger partial charge in [-0.3, -0.25) is 0 Å². The minimum atomic E-state index is 0.302. The van der Waals surface area contributed by atoms with Crippen molar-refractivity contribution in [3.63, 3.8) is 0 Å². The van der Waals surface area contributed by atoms with Crippen LogP contribution in [0.15, 0.2) is 0 Å². The lowest BCUT2D eigenvalue weighted by Gasteiger charge is -2.18. The Kier molecular flexibility index (Phi) is 2.32. The summed E-state index contributed by atoms with van der Waals surface area (Å²) >= 11 is 0. The molecule has 60 valence electrons. The second kappa shape index (κ2) is 2.89. The van der Waals surface area contributed by atoms with Crippen LogP contribution in [-0.4, -0.2) is 36.2 Å². The standard InChI is InChI=1S/C8H17NO/c1-8(2)3-4-9(7-8)5-6-10/h10H,3-7H2,1-2H3. The molecule has 1 saturated heterocycles. The zero-order chi connectivity index (χ0) is 7.61. The summed E-state index contributed by atoms with van der Waals surface area (Å²) in [4.78, 5) is 2.32. The van der Waals surface area contributed by atoms with E-state index < -0.39 is 0 Å². The van der Waals surface area contributed by atoms with Crippen molar-refractivity contribution < 1.29 is 5.11 Å². The Morgan fingerprint density at radius 2 is 2.20 bits per heavy atom. The van der Waals surface area contributed by atoms with E-state index in [-0.39, 0.29) is 0 Å². The summed E-state index contributed by atoms with van der Waals surface area (Å²) < 4.78 is 0. The third-order valence-corrected chi connectivity index (χ3v) is 2.17. The smallest absolute Gasteiger partial charge is 0.0558 e. The van der Waals surface area contributed by atoms with Crippen molar-refractivity contribution in [3.8, 4) is 0 Å². The van der Waals surface area contributed by atoms with Crippen molar-refractivity contribution in [2.24, 2.45) is 5.41 Å². The summed E-state index contributed by atoms with van der Waals surface area (Å²) in [6, 6.07) is 0. The lowest BCUT2D eigenvalue weighted by atomic mass is 9.93. The van der Waals surface area contributed by atoms with Crippen molar-refractivity contribution in [3.05, 3.63) is 0 Å². The van der Waals surface area contributed by atoms with Crippen LogP contribution < -0.4 is 0 Å². The van der Waals surface area contributed by atoms with E-state index in [1.165, 1.54) is 6.42 Å². The van der Waals surface area contributed by atoms with Gasteiger partial charge in [-0.25, -0.2) is 0 Å². The number of β-amino-alcohol motifs (C(OH)–C–C–N with tert-alkyl or cyclic N) is 1. The van der Waals surface area contributed by atoms with Crippen LogP contribution in [0.5, 0.6) is 0 Å². The Hall–Kier alpha value is -0.0800. The molecule has 1 N–H and O–H groups in total. The quantitative estimate of drug-likeness (QED) is 0.615. The normalized spacial score (nSPS) is 25.5. The van der Waals surface area contributed by atoms with Gasteiger partial charge in [-0.1, -0.05) is 13.8 Å². The van der Waals surface area contributed by atoms with Crippen LogP contribution in [0.4, 0.5) is 0 Å². The van der Waals surface area contributed by atoms with E-state index in [0.717, 1.165) is 19.6 Å². The van der Waals surface area contributed by atoms with Gasteiger partial charge < -0.3 is 10.0 Å². The highest BCUT2D eigenvalue weighted by molar-refractivity contribution is 4.81. The predicted molar refractivity (Wildman–Crippen MR) is 41.9 cm³/mol. The molecule has 1 aliphatic heterocycles. The molecule has 1 heterocycles. The molecular weight excluding hydrogens is 126 g/mol. The molecule has 2 heteroatoms. The number of likely N-dealkylation sites (tertiary alicyclic amines) is 1. The van der Waals surface area contributed by atoms with E-state index in [0.29, 0.717) is 12.0 Å². The highest BCUT2D eigenvalue weighted by Gasteiger charge is 2.28. The minimum Gasteiger partial charge on any atom is -0.395 e. The van der Waals surface area contributed by atoms with Gasteiger partial charge >= 0.3 is 0 Å². The van der Waals surface area contributed by atoms with Gasteiger partial charge in [-0.2, -0.15) is 0 Å². The van der Waals surface area contributed by atoms with E-state index in [4.69, 9.17) is 5.11 Å². The highest BCUT2D eigenvalue weighted by atomic mass is 16.3. The van der Waals surface area contributed by atoms with E-state index in [2.05, 4.69) is 18.7 Å². The van der Waals surface area contributed by atoms with Crippen LogP contribution in [-0.2, 0) is 0 Å². The number of hydrogen-bond donors (Lipinski definition) is 1. The maximum absolute atomic E-state index is 8.66.